The van der Waals surface area contributed by atoms with Gasteiger partial charge in [-0.1, -0.05) is 82.9 Å². The zero-order valence-corrected chi connectivity index (χ0v) is 23.4. The van der Waals surface area contributed by atoms with Gasteiger partial charge < -0.3 is 0 Å². The third kappa shape index (κ3) is 4.47. The summed E-state index contributed by atoms with van der Waals surface area (Å²) in [7, 11) is -4.14. The van der Waals surface area contributed by atoms with Gasteiger partial charge in [-0.25, -0.2) is 8.42 Å². The zero-order chi connectivity index (χ0) is 28.4. The van der Waals surface area contributed by atoms with Gasteiger partial charge in [-0.2, -0.15) is 10.5 Å². The minimum Gasteiger partial charge on any atom is -0.274 e. The molecule has 7 nitrogen and oxygen atoms in total. The van der Waals surface area contributed by atoms with Crippen LogP contribution in [0.4, 0.5) is 0 Å². The van der Waals surface area contributed by atoms with Crippen LogP contribution in [0.2, 0.25) is 0 Å². The van der Waals surface area contributed by atoms with Gasteiger partial charge in [0.2, 0.25) is 9.84 Å². The molecule has 204 valence electrons. The van der Waals surface area contributed by atoms with Crippen LogP contribution in [0.5, 0.6) is 0 Å². The molecule has 3 aromatic carbocycles. The molecule has 0 aromatic heterocycles. The lowest BCUT2D eigenvalue weighted by Gasteiger charge is -2.31. The number of fused-ring (bicyclic) bond motifs is 2. The topological polar surface area (TPSA) is 119 Å². The molecule has 0 spiro atoms. The number of rotatable bonds is 11. The molecule has 0 bridgehead atoms. The van der Waals surface area contributed by atoms with Crippen molar-refractivity contribution in [2.45, 2.75) is 80.9 Å². The number of carbonyl (C=O) groups excluding carboxylic acids is 2. The third-order valence-corrected chi connectivity index (χ3v) is 9.90. The Morgan fingerprint density at radius 1 is 0.725 bits per heavy atom. The Bertz CT molecular complexity index is 1710. The van der Waals surface area contributed by atoms with Crippen LogP contribution in [0.1, 0.15) is 103 Å². The highest BCUT2D eigenvalue weighted by molar-refractivity contribution is 7.92. The van der Waals surface area contributed by atoms with Gasteiger partial charge in [-0.15, -0.1) is 0 Å². The van der Waals surface area contributed by atoms with E-state index in [0.717, 1.165) is 19.3 Å². The van der Waals surface area contributed by atoms with E-state index in [2.05, 4.69) is 13.0 Å². The van der Waals surface area contributed by atoms with E-state index in [-0.39, 0.29) is 49.4 Å². The van der Waals surface area contributed by atoms with E-state index < -0.39 is 21.7 Å². The Labute approximate surface area is 234 Å². The molecule has 40 heavy (non-hydrogen) atoms. The molecule has 0 aliphatic carbocycles. The van der Waals surface area contributed by atoms with Crippen molar-refractivity contribution in [1.29, 1.82) is 10.5 Å². The van der Waals surface area contributed by atoms with Crippen molar-refractivity contribution >= 4 is 32.4 Å². The minimum absolute atomic E-state index is 0.00500. The number of amides is 2. The fourth-order valence-corrected chi connectivity index (χ4v) is 7.84. The molecule has 0 fully saturated rings. The van der Waals surface area contributed by atoms with Gasteiger partial charge in [0.15, 0.2) is 0 Å². The minimum atomic E-state index is -4.14. The molecule has 0 saturated carbocycles. The van der Waals surface area contributed by atoms with Crippen LogP contribution in [0, 0.1) is 22.7 Å². The van der Waals surface area contributed by atoms with Crippen molar-refractivity contribution in [2.75, 3.05) is 6.54 Å². The number of carbonyl (C=O) groups is 2. The highest BCUT2D eigenvalue weighted by Gasteiger charge is 2.41. The molecule has 2 heterocycles. The predicted octanol–water partition coefficient (Wildman–Crippen LogP) is 6.91. The van der Waals surface area contributed by atoms with E-state index in [4.69, 9.17) is 0 Å². The molecular weight excluding hydrogens is 522 g/mol. The highest BCUT2D eigenvalue weighted by Crippen LogP contribution is 2.50. The molecule has 3 aromatic rings. The van der Waals surface area contributed by atoms with Crippen molar-refractivity contribution in [3.63, 3.8) is 0 Å². The average Bonchev–Trinajstić information content (AvgIpc) is 2.96. The lowest BCUT2D eigenvalue weighted by molar-refractivity contribution is 0.0607. The molecule has 0 saturated heterocycles. The van der Waals surface area contributed by atoms with Crippen molar-refractivity contribution < 1.29 is 18.0 Å². The summed E-state index contributed by atoms with van der Waals surface area (Å²) in [4.78, 5) is 28.2. The van der Waals surface area contributed by atoms with Crippen LogP contribution in [0.15, 0.2) is 46.2 Å². The molecule has 0 radical (unpaired) electrons. The zero-order valence-electron chi connectivity index (χ0n) is 22.6. The number of hydrogen-bond acceptors (Lipinski definition) is 6. The fraction of sp³-hybridized carbons (Fsp3) is 0.375. The SMILES string of the molecule is CCCCCCCCCCCCN1C(=O)c2cc(C#N)c3c4c(c(C#N)cc(c24)C1=O)S(=O)(=O)c1ccccc1-3. The van der Waals surface area contributed by atoms with Gasteiger partial charge in [0.05, 0.1) is 38.1 Å². The second-order valence-corrected chi connectivity index (χ2v) is 12.4. The van der Waals surface area contributed by atoms with E-state index in [0.29, 0.717) is 17.5 Å². The van der Waals surface area contributed by atoms with Crippen LogP contribution in [-0.4, -0.2) is 31.7 Å². The van der Waals surface area contributed by atoms with Gasteiger partial charge in [-0.05, 0) is 24.6 Å². The van der Waals surface area contributed by atoms with E-state index in [1.165, 1.54) is 61.6 Å². The third-order valence-electron chi connectivity index (χ3n) is 8.00. The quantitative estimate of drug-likeness (QED) is 0.147. The summed E-state index contributed by atoms with van der Waals surface area (Å²) in [6.45, 7) is 2.43. The maximum Gasteiger partial charge on any atom is 0.261 e. The van der Waals surface area contributed by atoms with Crippen molar-refractivity contribution in [1.82, 2.24) is 4.90 Å². The summed E-state index contributed by atoms with van der Waals surface area (Å²) in [5, 5.41) is 20.4. The fourth-order valence-electron chi connectivity index (χ4n) is 6.03. The first-order chi connectivity index (χ1) is 19.4. The summed E-state index contributed by atoms with van der Waals surface area (Å²) in [6.07, 6.45) is 11.2. The first kappa shape index (κ1) is 27.6. The van der Waals surface area contributed by atoms with Gasteiger partial charge in [-0.3, -0.25) is 14.5 Å². The summed E-state index contributed by atoms with van der Waals surface area (Å²) in [6, 6.07) is 13.2. The molecule has 2 amide bonds. The molecule has 0 unspecified atom stereocenters. The standard InChI is InChI=1S/C32H31N3O4S/c1-2-3-4-5-6-7-8-9-10-13-16-35-31(36)24-17-21(19-33)27-23-14-11-12-15-26(23)40(38,39)30-22(20-34)18-25(32(35)37)28(24)29(27)30/h11-12,14-15,17-18H,2-10,13,16H2,1H3. The Hall–Kier alpha value is -4.01. The van der Waals surface area contributed by atoms with Crippen LogP contribution >= 0.6 is 0 Å². The number of hydrogen-bond donors (Lipinski definition) is 0. The monoisotopic (exact) mass is 553 g/mol. The molecule has 0 atom stereocenters. The smallest absolute Gasteiger partial charge is 0.261 e. The van der Waals surface area contributed by atoms with E-state index in [9.17, 15) is 28.5 Å². The number of nitrogens with zero attached hydrogens (tertiary/aromatic N) is 3. The lowest BCUT2D eigenvalue weighted by atomic mass is 9.84. The number of nitriles is 2. The summed E-state index contributed by atoms with van der Waals surface area (Å²) in [5.74, 6) is -1.08. The molecule has 8 heteroatoms. The summed E-state index contributed by atoms with van der Waals surface area (Å²) in [5.41, 5.74) is 0.875. The molecular formula is C32H31N3O4S. The second-order valence-electron chi connectivity index (χ2n) is 10.6. The first-order valence-electron chi connectivity index (χ1n) is 14.0. The van der Waals surface area contributed by atoms with Crippen LogP contribution in [0.3, 0.4) is 0 Å². The highest BCUT2D eigenvalue weighted by atomic mass is 32.2. The van der Waals surface area contributed by atoms with Crippen molar-refractivity contribution in [2.24, 2.45) is 0 Å². The maximum absolute atomic E-state index is 13.7. The second kappa shape index (κ2) is 11.2. The van der Waals surface area contributed by atoms with Gasteiger partial charge in [0.25, 0.3) is 11.8 Å². The normalized spacial score (nSPS) is 14.6. The number of sulfone groups is 1. The van der Waals surface area contributed by atoms with E-state index >= 15 is 0 Å². The van der Waals surface area contributed by atoms with Crippen LogP contribution in [-0.2, 0) is 9.84 Å². The maximum atomic E-state index is 13.7. The van der Waals surface area contributed by atoms with Gasteiger partial charge in [0.1, 0.15) is 6.07 Å². The number of unbranched alkanes of at least 4 members (excludes halogenated alkanes) is 9. The predicted molar refractivity (Wildman–Crippen MR) is 151 cm³/mol. The lowest BCUT2D eigenvalue weighted by Crippen LogP contribution is -2.41. The van der Waals surface area contributed by atoms with Gasteiger partial charge in [0, 0.05) is 28.4 Å². The van der Waals surface area contributed by atoms with E-state index in [1.54, 1.807) is 18.2 Å². The van der Waals surface area contributed by atoms with Crippen LogP contribution in [0.25, 0.3) is 21.9 Å². The molecule has 0 N–H and O–H groups in total. The Balaban J connectivity index is 1.48. The Kier molecular flexibility index (Phi) is 7.74. The first-order valence-corrected chi connectivity index (χ1v) is 15.5. The largest absolute Gasteiger partial charge is 0.274 e. The Morgan fingerprint density at radius 2 is 1.27 bits per heavy atom. The Morgan fingerprint density at radius 3 is 1.88 bits per heavy atom. The molecule has 5 rings (SSSR count). The molecule has 2 aliphatic rings. The summed E-state index contributed by atoms with van der Waals surface area (Å²) < 4.78 is 27.4. The van der Waals surface area contributed by atoms with Crippen molar-refractivity contribution in [3.05, 3.63) is 58.7 Å². The number of imide groups is 1. The van der Waals surface area contributed by atoms with E-state index in [1.807, 2.05) is 6.07 Å². The van der Waals surface area contributed by atoms with Crippen molar-refractivity contribution in [3.8, 4) is 23.3 Å². The average molecular weight is 554 g/mol. The molecule has 2 aliphatic heterocycles. The van der Waals surface area contributed by atoms with Crippen LogP contribution < -0.4 is 0 Å². The number of benzene rings is 3. The summed E-state index contributed by atoms with van der Waals surface area (Å²) >= 11 is 0. The van der Waals surface area contributed by atoms with Gasteiger partial charge >= 0.3 is 0 Å².